The summed E-state index contributed by atoms with van der Waals surface area (Å²) in [6.45, 7) is 2.03. The fraction of sp³-hybridized carbons (Fsp3) is 0.267. The van der Waals surface area contributed by atoms with Gasteiger partial charge in [0.2, 0.25) is 0 Å². The Balaban J connectivity index is 1.76. The lowest BCUT2D eigenvalue weighted by Gasteiger charge is -2.16. The van der Waals surface area contributed by atoms with E-state index in [0.29, 0.717) is 5.69 Å². The number of nitrogens with zero attached hydrogens (tertiary/aromatic N) is 2. The molecule has 1 N–H and O–H groups in total. The molecule has 0 amide bonds. The number of hydrogen-bond acceptors (Lipinski definition) is 4. The smallest absolute Gasteiger partial charge is 0.261 e. The second-order valence-electron chi connectivity index (χ2n) is 5.02. The van der Waals surface area contributed by atoms with Crippen LogP contribution in [0, 0.1) is 0 Å². The Morgan fingerprint density at radius 3 is 2.33 bits per heavy atom. The van der Waals surface area contributed by atoms with Gasteiger partial charge in [-0.15, -0.1) is 0 Å². The second kappa shape index (κ2) is 5.73. The van der Waals surface area contributed by atoms with Crippen molar-refractivity contribution in [2.24, 2.45) is 0 Å². The van der Waals surface area contributed by atoms with E-state index in [0.717, 1.165) is 18.9 Å². The lowest BCUT2D eigenvalue weighted by atomic mass is 10.4. The number of hydrogen-bond donors (Lipinski definition) is 1. The predicted octanol–water partition coefficient (Wildman–Crippen LogP) is 2.48. The Morgan fingerprint density at radius 1 is 1.00 bits per heavy atom. The minimum atomic E-state index is -3.55. The third-order valence-corrected chi connectivity index (χ3v) is 4.88. The molecule has 1 aliphatic heterocycles. The molecule has 1 saturated heterocycles. The first kappa shape index (κ1) is 13.9. The molecule has 1 fully saturated rings. The molecule has 0 atom stereocenters. The Morgan fingerprint density at radius 2 is 1.71 bits per heavy atom. The van der Waals surface area contributed by atoms with Crippen LogP contribution in [0.1, 0.15) is 12.8 Å². The minimum Gasteiger partial charge on any atom is -0.357 e. The number of benzene rings is 1. The topological polar surface area (TPSA) is 62.3 Å². The fourth-order valence-corrected chi connectivity index (χ4v) is 3.46. The van der Waals surface area contributed by atoms with Gasteiger partial charge in [-0.1, -0.05) is 18.2 Å². The molecule has 2 heterocycles. The van der Waals surface area contributed by atoms with Crippen LogP contribution in [0.2, 0.25) is 0 Å². The number of sulfonamides is 1. The van der Waals surface area contributed by atoms with Gasteiger partial charge in [-0.3, -0.25) is 4.72 Å². The Labute approximate surface area is 124 Å². The second-order valence-corrected chi connectivity index (χ2v) is 6.70. The Kier molecular flexibility index (Phi) is 3.79. The summed E-state index contributed by atoms with van der Waals surface area (Å²) in [6.07, 6.45) is 3.93. The van der Waals surface area contributed by atoms with E-state index in [-0.39, 0.29) is 4.90 Å². The van der Waals surface area contributed by atoms with E-state index in [4.69, 9.17) is 0 Å². The van der Waals surface area contributed by atoms with E-state index in [1.807, 2.05) is 6.07 Å². The normalized spacial score (nSPS) is 15.1. The SMILES string of the molecule is O=S(=O)(Nc1ccc(N2CCCC2)nc1)c1ccccc1. The highest BCUT2D eigenvalue weighted by Crippen LogP contribution is 2.20. The van der Waals surface area contributed by atoms with E-state index in [1.54, 1.807) is 42.6 Å². The van der Waals surface area contributed by atoms with Crippen LogP contribution in [0.25, 0.3) is 0 Å². The van der Waals surface area contributed by atoms with Crippen molar-refractivity contribution in [1.82, 2.24) is 4.98 Å². The molecule has 3 rings (SSSR count). The number of anilines is 2. The van der Waals surface area contributed by atoms with Crippen LogP contribution in [0.5, 0.6) is 0 Å². The van der Waals surface area contributed by atoms with Crippen LogP contribution in [-0.2, 0) is 10.0 Å². The lowest BCUT2D eigenvalue weighted by Crippen LogP contribution is -2.19. The summed E-state index contributed by atoms with van der Waals surface area (Å²) in [7, 11) is -3.55. The first-order chi connectivity index (χ1) is 10.1. The van der Waals surface area contributed by atoms with Gasteiger partial charge >= 0.3 is 0 Å². The summed E-state index contributed by atoms with van der Waals surface area (Å²) in [5.41, 5.74) is 0.474. The van der Waals surface area contributed by atoms with Crippen LogP contribution in [0.15, 0.2) is 53.6 Å². The van der Waals surface area contributed by atoms with Crippen molar-refractivity contribution < 1.29 is 8.42 Å². The maximum atomic E-state index is 12.2. The van der Waals surface area contributed by atoms with Gasteiger partial charge in [0.15, 0.2) is 0 Å². The monoisotopic (exact) mass is 303 g/mol. The minimum absolute atomic E-state index is 0.244. The van der Waals surface area contributed by atoms with Crippen LogP contribution < -0.4 is 9.62 Å². The highest BCUT2D eigenvalue weighted by atomic mass is 32.2. The third kappa shape index (κ3) is 3.16. The van der Waals surface area contributed by atoms with Gasteiger partial charge in [0.1, 0.15) is 5.82 Å². The van der Waals surface area contributed by atoms with E-state index in [9.17, 15) is 8.42 Å². The lowest BCUT2D eigenvalue weighted by molar-refractivity contribution is 0.601. The van der Waals surface area contributed by atoms with Gasteiger partial charge in [0, 0.05) is 13.1 Å². The molecule has 2 aromatic rings. The van der Waals surface area contributed by atoms with Crippen molar-refractivity contribution in [3.63, 3.8) is 0 Å². The summed E-state index contributed by atoms with van der Waals surface area (Å²) in [5, 5.41) is 0. The van der Waals surface area contributed by atoms with Gasteiger partial charge in [-0.25, -0.2) is 13.4 Å². The zero-order valence-corrected chi connectivity index (χ0v) is 12.4. The molecule has 0 aliphatic carbocycles. The molecule has 0 radical (unpaired) electrons. The zero-order valence-electron chi connectivity index (χ0n) is 11.6. The molecule has 0 unspecified atom stereocenters. The molecule has 110 valence electrons. The first-order valence-corrected chi connectivity index (χ1v) is 8.42. The molecule has 1 aromatic heterocycles. The van der Waals surface area contributed by atoms with Crippen molar-refractivity contribution >= 4 is 21.5 Å². The molecule has 5 nitrogen and oxygen atoms in total. The van der Waals surface area contributed by atoms with Gasteiger partial charge < -0.3 is 4.90 Å². The number of rotatable bonds is 4. The summed E-state index contributed by atoms with van der Waals surface area (Å²) >= 11 is 0. The zero-order chi connectivity index (χ0) is 14.7. The fourth-order valence-electron chi connectivity index (χ4n) is 2.39. The number of aromatic nitrogens is 1. The van der Waals surface area contributed by atoms with E-state index >= 15 is 0 Å². The number of nitrogens with one attached hydrogen (secondary N) is 1. The van der Waals surface area contributed by atoms with Crippen molar-refractivity contribution in [3.05, 3.63) is 48.7 Å². The molecule has 21 heavy (non-hydrogen) atoms. The Bertz CT molecular complexity index is 693. The van der Waals surface area contributed by atoms with Gasteiger partial charge in [0.05, 0.1) is 16.8 Å². The molecule has 1 aliphatic rings. The molecular formula is C15H17N3O2S. The first-order valence-electron chi connectivity index (χ1n) is 6.94. The standard InChI is InChI=1S/C15H17N3O2S/c19-21(20,14-6-2-1-3-7-14)17-13-8-9-15(16-12-13)18-10-4-5-11-18/h1-3,6-9,12,17H,4-5,10-11H2. The van der Waals surface area contributed by atoms with Crippen molar-refractivity contribution in [3.8, 4) is 0 Å². The summed E-state index contributed by atoms with van der Waals surface area (Å²) in [5.74, 6) is 0.898. The quantitative estimate of drug-likeness (QED) is 0.942. The molecule has 1 aromatic carbocycles. The van der Waals surface area contributed by atoms with Crippen molar-refractivity contribution in [1.29, 1.82) is 0 Å². The van der Waals surface area contributed by atoms with Crippen molar-refractivity contribution in [2.45, 2.75) is 17.7 Å². The highest BCUT2D eigenvalue weighted by molar-refractivity contribution is 7.92. The molecule has 0 bridgehead atoms. The van der Waals surface area contributed by atoms with Crippen molar-refractivity contribution in [2.75, 3.05) is 22.7 Å². The predicted molar refractivity (Wildman–Crippen MR) is 82.9 cm³/mol. The molecule has 0 spiro atoms. The van der Waals surface area contributed by atoms with Crippen LogP contribution >= 0.6 is 0 Å². The average Bonchev–Trinajstić information content (AvgIpc) is 3.03. The van der Waals surface area contributed by atoms with Gasteiger partial charge in [-0.05, 0) is 37.1 Å². The number of pyridine rings is 1. The highest BCUT2D eigenvalue weighted by Gasteiger charge is 2.15. The molecule has 6 heteroatoms. The van der Waals surface area contributed by atoms with E-state index in [2.05, 4.69) is 14.6 Å². The Hall–Kier alpha value is -2.08. The van der Waals surface area contributed by atoms with Crippen LogP contribution in [0.4, 0.5) is 11.5 Å². The molecule has 0 saturated carbocycles. The average molecular weight is 303 g/mol. The molecular weight excluding hydrogens is 286 g/mol. The summed E-state index contributed by atoms with van der Waals surface area (Å²) in [4.78, 5) is 6.79. The van der Waals surface area contributed by atoms with Crippen LogP contribution in [-0.4, -0.2) is 26.5 Å². The van der Waals surface area contributed by atoms with E-state index < -0.39 is 10.0 Å². The largest absolute Gasteiger partial charge is 0.357 e. The maximum absolute atomic E-state index is 12.2. The third-order valence-electron chi connectivity index (χ3n) is 3.48. The van der Waals surface area contributed by atoms with Gasteiger partial charge in [-0.2, -0.15) is 0 Å². The van der Waals surface area contributed by atoms with Crippen LogP contribution in [0.3, 0.4) is 0 Å². The summed E-state index contributed by atoms with van der Waals surface area (Å²) < 4.78 is 26.9. The summed E-state index contributed by atoms with van der Waals surface area (Å²) in [6, 6.07) is 11.9. The van der Waals surface area contributed by atoms with E-state index in [1.165, 1.54) is 12.8 Å². The van der Waals surface area contributed by atoms with Gasteiger partial charge in [0.25, 0.3) is 10.0 Å². The maximum Gasteiger partial charge on any atom is 0.261 e.